The van der Waals surface area contributed by atoms with Gasteiger partial charge in [-0.2, -0.15) is 0 Å². The molecule has 2 nitrogen and oxygen atoms in total. The number of benzene rings is 1. The van der Waals surface area contributed by atoms with Gasteiger partial charge in [-0.25, -0.2) is 4.39 Å². The first-order valence-electron chi connectivity index (χ1n) is 3.87. The van der Waals surface area contributed by atoms with Gasteiger partial charge in [0, 0.05) is 4.70 Å². The molecular formula is C9H6FO2S2-. The molecule has 0 saturated heterocycles. The minimum Gasteiger partial charge on any atom is -0.768 e. The highest BCUT2D eigenvalue weighted by molar-refractivity contribution is 7.82. The molecule has 0 spiro atoms. The SMILES string of the molecule is Cc1c(S(=O)[O-])sc2ccc(F)cc12. The molecule has 1 atom stereocenters. The number of hydrogen-bond acceptors (Lipinski definition) is 3. The van der Waals surface area contributed by atoms with Gasteiger partial charge in [0.05, 0.1) is 4.21 Å². The fraction of sp³-hybridized carbons (Fsp3) is 0.111. The van der Waals surface area contributed by atoms with Gasteiger partial charge in [0.25, 0.3) is 0 Å². The Kier molecular flexibility index (Phi) is 2.38. The Morgan fingerprint density at radius 2 is 2.21 bits per heavy atom. The minimum atomic E-state index is -2.23. The van der Waals surface area contributed by atoms with E-state index in [1.807, 2.05) is 0 Å². The van der Waals surface area contributed by atoms with Crippen molar-refractivity contribution in [2.45, 2.75) is 11.1 Å². The Labute approximate surface area is 86.7 Å². The summed E-state index contributed by atoms with van der Waals surface area (Å²) in [4.78, 5) is 0. The summed E-state index contributed by atoms with van der Waals surface area (Å²) < 4.78 is 35.5. The van der Waals surface area contributed by atoms with Gasteiger partial charge < -0.3 is 4.55 Å². The second-order valence-electron chi connectivity index (χ2n) is 2.89. The number of hydrogen-bond donors (Lipinski definition) is 0. The lowest BCUT2D eigenvalue weighted by atomic mass is 10.2. The molecule has 0 amide bonds. The highest BCUT2D eigenvalue weighted by atomic mass is 32.2. The summed E-state index contributed by atoms with van der Waals surface area (Å²) in [5.41, 5.74) is 0.623. The van der Waals surface area contributed by atoms with E-state index in [1.165, 1.54) is 12.1 Å². The molecule has 2 aromatic rings. The lowest BCUT2D eigenvalue weighted by Gasteiger charge is -2.01. The quantitative estimate of drug-likeness (QED) is 0.705. The maximum absolute atomic E-state index is 12.9. The predicted octanol–water partition coefficient (Wildman–Crippen LogP) is 2.59. The molecule has 1 heterocycles. The first-order valence-corrected chi connectivity index (χ1v) is 5.76. The maximum Gasteiger partial charge on any atom is 0.123 e. The first-order chi connectivity index (χ1) is 6.59. The normalized spacial score (nSPS) is 13.4. The molecule has 0 N–H and O–H groups in total. The van der Waals surface area contributed by atoms with Crippen LogP contribution in [0.3, 0.4) is 0 Å². The Morgan fingerprint density at radius 3 is 2.86 bits per heavy atom. The second kappa shape index (κ2) is 3.42. The minimum absolute atomic E-state index is 0.283. The van der Waals surface area contributed by atoms with Crippen molar-refractivity contribution in [1.82, 2.24) is 0 Å². The van der Waals surface area contributed by atoms with Crippen molar-refractivity contribution in [3.63, 3.8) is 0 Å². The number of fused-ring (bicyclic) bond motifs is 1. The summed E-state index contributed by atoms with van der Waals surface area (Å²) >= 11 is -1.07. The van der Waals surface area contributed by atoms with Crippen molar-refractivity contribution in [1.29, 1.82) is 0 Å². The molecule has 1 aromatic carbocycles. The van der Waals surface area contributed by atoms with E-state index in [0.29, 0.717) is 10.9 Å². The molecular weight excluding hydrogens is 223 g/mol. The molecule has 0 fully saturated rings. The number of aryl methyl sites for hydroxylation is 1. The molecule has 2 rings (SSSR count). The van der Waals surface area contributed by atoms with Crippen LogP contribution in [0, 0.1) is 12.7 Å². The van der Waals surface area contributed by atoms with Gasteiger partial charge in [0.15, 0.2) is 0 Å². The molecule has 5 heteroatoms. The summed E-state index contributed by atoms with van der Waals surface area (Å²) in [5, 5.41) is 0.675. The highest BCUT2D eigenvalue weighted by Crippen LogP contribution is 2.32. The fourth-order valence-electron chi connectivity index (χ4n) is 1.33. The average molecular weight is 229 g/mol. The van der Waals surface area contributed by atoms with E-state index in [4.69, 9.17) is 0 Å². The zero-order valence-corrected chi connectivity index (χ0v) is 8.88. The van der Waals surface area contributed by atoms with Crippen molar-refractivity contribution in [2.24, 2.45) is 0 Å². The Bertz CT molecular complexity index is 519. The van der Waals surface area contributed by atoms with Gasteiger partial charge in [0.1, 0.15) is 5.82 Å². The third-order valence-corrected chi connectivity index (χ3v) is 4.34. The monoisotopic (exact) mass is 229 g/mol. The summed E-state index contributed by atoms with van der Waals surface area (Å²) in [6, 6.07) is 4.28. The van der Waals surface area contributed by atoms with E-state index in [1.54, 1.807) is 13.0 Å². The Hall–Kier alpha value is -0.780. The third-order valence-electron chi connectivity index (χ3n) is 2.01. The molecule has 0 aliphatic rings. The van der Waals surface area contributed by atoms with E-state index in [0.717, 1.165) is 16.0 Å². The van der Waals surface area contributed by atoms with Crippen molar-refractivity contribution >= 4 is 32.5 Å². The predicted molar refractivity (Wildman–Crippen MR) is 53.7 cm³/mol. The first kappa shape index (κ1) is 9.76. The molecule has 0 aliphatic heterocycles. The van der Waals surface area contributed by atoms with Crippen LogP contribution in [-0.2, 0) is 11.1 Å². The number of rotatable bonds is 1. The molecule has 74 valence electrons. The number of thiophene rings is 1. The van der Waals surface area contributed by atoms with Gasteiger partial charge in [-0.3, -0.25) is 4.21 Å². The van der Waals surface area contributed by atoms with Gasteiger partial charge in [-0.1, -0.05) is 0 Å². The van der Waals surface area contributed by atoms with Crippen molar-refractivity contribution in [2.75, 3.05) is 0 Å². The Morgan fingerprint density at radius 1 is 1.50 bits per heavy atom. The second-order valence-corrected chi connectivity index (χ2v) is 5.08. The zero-order valence-electron chi connectivity index (χ0n) is 7.24. The molecule has 0 saturated carbocycles. The summed E-state index contributed by atoms with van der Waals surface area (Å²) in [7, 11) is 0. The van der Waals surface area contributed by atoms with Gasteiger partial charge in [0.2, 0.25) is 0 Å². The van der Waals surface area contributed by atoms with Crippen LogP contribution in [0.1, 0.15) is 5.56 Å². The fourth-order valence-corrected chi connectivity index (χ4v) is 3.15. The van der Waals surface area contributed by atoms with E-state index in [-0.39, 0.29) is 10.0 Å². The summed E-state index contributed by atoms with van der Waals surface area (Å²) in [5.74, 6) is -0.346. The van der Waals surface area contributed by atoms with Crippen LogP contribution >= 0.6 is 11.3 Å². The van der Waals surface area contributed by atoms with E-state index in [2.05, 4.69) is 0 Å². The maximum atomic E-state index is 12.9. The largest absolute Gasteiger partial charge is 0.768 e. The van der Waals surface area contributed by atoms with Crippen LogP contribution in [0.4, 0.5) is 4.39 Å². The summed E-state index contributed by atoms with van der Waals surface area (Å²) in [6.45, 7) is 1.68. The molecule has 1 unspecified atom stereocenters. The van der Waals surface area contributed by atoms with E-state index < -0.39 is 11.1 Å². The van der Waals surface area contributed by atoms with E-state index >= 15 is 0 Å². The Balaban J connectivity index is 2.80. The topological polar surface area (TPSA) is 40.1 Å². The van der Waals surface area contributed by atoms with Crippen LogP contribution in [0.2, 0.25) is 0 Å². The average Bonchev–Trinajstić information content (AvgIpc) is 2.44. The highest BCUT2D eigenvalue weighted by Gasteiger charge is 2.09. The zero-order chi connectivity index (χ0) is 10.3. The molecule has 1 aromatic heterocycles. The molecule has 0 bridgehead atoms. The van der Waals surface area contributed by atoms with Crippen LogP contribution in [-0.4, -0.2) is 8.76 Å². The van der Waals surface area contributed by atoms with Gasteiger partial charge >= 0.3 is 0 Å². The third kappa shape index (κ3) is 1.47. The van der Waals surface area contributed by atoms with Crippen molar-refractivity contribution in [3.05, 3.63) is 29.6 Å². The van der Waals surface area contributed by atoms with Crippen LogP contribution < -0.4 is 0 Å². The van der Waals surface area contributed by atoms with Crippen molar-refractivity contribution in [3.8, 4) is 0 Å². The van der Waals surface area contributed by atoms with Crippen LogP contribution in [0.15, 0.2) is 22.4 Å². The van der Waals surface area contributed by atoms with Crippen molar-refractivity contribution < 1.29 is 13.2 Å². The standard InChI is InChI=1S/C9H7FO2S2/c1-5-7-4-6(10)2-3-8(7)13-9(5)14(11)12/h2-4H,1H3,(H,11,12)/p-1. The molecule has 0 radical (unpaired) electrons. The van der Waals surface area contributed by atoms with Gasteiger partial charge in [-0.15, -0.1) is 11.3 Å². The lowest BCUT2D eigenvalue weighted by molar-refractivity contribution is 0.539. The molecule has 0 aliphatic carbocycles. The van der Waals surface area contributed by atoms with Crippen LogP contribution in [0.5, 0.6) is 0 Å². The number of halogens is 1. The molecule has 14 heavy (non-hydrogen) atoms. The van der Waals surface area contributed by atoms with Crippen LogP contribution in [0.25, 0.3) is 10.1 Å². The lowest BCUT2D eigenvalue weighted by Crippen LogP contribution is -1.85. The van der Waals surface area contributed by atoms with Gasteiger partial charge in [-0.05, 0) is 47.2 Å². The summed E-state index contributed by atoms with van der Waals surface area (Å²) in [6.07, 6.45) is 0. The van der Waals surface area contributed by atoms with E-state index in [9.17, 15) is 13.2 Å². The smallest absolute Gasteiger partial charge is 0.123 e.